The maximum Gasteiger partial charge on any atom is 0.362 e. The van der Waals surface area contributed by atoms with Gasteiger partial charge in [-0.1, -0.05) is 0 Å². The summed E-state index contributed by atoms with van der Waals surface area (Å²) in [5, 5.41) is 0. The van der Waals surface area contributed by atoms with E-state index in [9.17, 15) is 4.79 Å². The zero-order valence-electron chi connectivity index (χ0n) is 9.11. The first-order chi connectivity index (χ1) is 7.19. The van der Waals surface area contributed by atoms with Crippen molar-refractivity contribution in [2.45, 2.75) is 20.8 Å². The minimum Gasteiger partial charge on any atom is -0.476 e. The molecule has 0 bridgehead atoms. The number of carbonyl (C=O) groups excluding carboxylic acids is 1. The van der Waals surface area contributed by atoms with E-state index in [2.05, 4.69) is 9.97 Å². The molecule has 0 aliphatic heterocycles. The van der Waals surface area contributed by atoms with Crippen LogP contribution in [0.25, 0.3) is 0 Å². The predicted molar refractivity (Wildman–Crippen MR) is 53.9 cm³/mol. The van der Waals surface area contributed by atoms with Crippen molar-refractivity contribution in [3.63, 3.8) is 0 Å². The molecule has 1 rings (SSSR count). The third-order valence-corrected chi connectivity index (χ3v) is 1.61. The van der Waals surface area contributed by atoms with Crippen LogP contribution in [0.5, 0.6) is 5.88 Å². The van der Waals surface area contributed by atoms with Crippen LogP contribution < -0.4 is 4.74 Å². The lowest BCUT2D eigenvalue weighted by molar-refractivity contribution is 0.0513. The van der Waals surface area contributed by atoms with Gasteiger partial charge in [-0.3, -0.25) is 0 Å². The summed E-state index contributed by atoms with van der Waals surface area (Å²) in [5.74, 6) is -0.274. The van der Waals surface area contributed by atoms with Gasteiger partial charge in [0.25, 0.3) is 0 Å². The molecule has 5 nitrogen and oxygen atoms in total. The second-order valence-corrected chi connectivity index (χ2v) is 2.82. The fraction of sp³-hybridized carbons (Fsp3) is 0.500. The van der Waals surface area contributed by atoms with Crippen LogP contribution in [0.2, 0.25) is 0 Å². The van der Waals surface area contributed by atoms with Crippen LogP contribution in [-0.2, 0) is 4.74 Å². The minimum absolute atomic E-state index is 0.129. The molecule has 0 N–H and O–H groups in total. The molecular weight excluding hydrogens is 196 g/mol. The molecule has 0 saturated carbocycles. The summed E-state index contributed by atoms with van der Waals surface area (Å²) < 4.78 is 10.0. The van der Waals surface area contributed by atoms with E-state index in [4.69, 9.17) is 9.47 Å². The van der Waals surface area contributed by atoms with E-state index in [0.717, 1.165) is 0 Å². The highest BCUT2D eigenvalue weighted by molar-refractivity contribution is 5.89. The zero-order chi connectivity index (χ0) is 11.3. The third kappa shape index (κ3) is 2.90. The molecule has 0 saturated heterocycles. The van der Waals surface area contributed by atoms with Crippen molar-refractivity contribution < 1.29 is 14.3 Å². The Morgan fingerprint density at radius 3 is 2.73 bits per heavy atom. The number of nitrogens with zero attached hydrogens (tertiary/aromatic N) is 2. The van der Waals surface area contributed by atoms with Crippen molar-refractivity contribution in [2.24, 2.45) is 0 Å². The molecule has 0 fully saturated rings. The highest BCUT2D eigenvalue weighted by Gasteiger charge is 2.16. The molecule has 0 radical (unpaired) electrons. The number of esters is 1. The van der Waals surface area contributed by atoms with E-state index in [1.54, 1.807) is 13.8 Å². The molecule has 1 aromatic rings. The maximum atomic E-state index is 11.4. The Balaban J connectivity index is 2.99. The monoisotopic (exact) mass is 210 g/mol. The highest BCUT2D eigenvalue weighted by Crippen LogP contribution is 2.14. The summed E-state index contributed by atoms with van der Waals surface area (Å²) in [7, 11) is 0. The topological polar surface area (TPSA) is 61.3 Å². The van der Waals surface area contributed by atoms with Gasteiger partial charge in [-0.15, -0.1) is 0 Å². The molecule has 0 aliphatic rings. The first-order valence-electron chi connectivity index (χ1n) is 4.82. The van der Waals surface area contributed by atoms with E-state index in [-0.39, 0.29) is 11.6 Å². The second-order valence-electron chi connectivity index (χ2n) is 2.82. The first-order valence-corrected chi connectivity index (χ1v) is 4.82. The first kappa shape index (κ1) is 11.4. The summed E-state index contributed by atoms with van der Waals surface area (Å²) in [6.45, 7) is 6.08. The van der Waals surface area contributed by atoms with Crippen LogP contribution in [0.3, 0.4) is 0 Å². The van der Waals surface area contributed by atoms with Gasteiger partial charge in [0.1, 0.15) is 0 Å². The number of aryl methyl sites for hydroxylation is 1. The van der Waals surface area contributed by atoms with Gasteiger partial charge in [0.05, 0.1) is 18.9 Å². The highest BCUT2D eigenvalue weighted by atomic mass is 16.5. The number of aromatic nitrogens is 2. The number of rotatable bonds is 4. The lowest BCUT2D eigenvalue weighted by atomic mass is 10.4. The Labute approximate surface area is 88.4 Å². The molecule has 82 valence electrons. The second kappa shape index (κ2) is 5.29. The Bertz CT molecular complexity index is 353. The van der Waals surface area contributed by atoms with Gasteiger partial charge in [-0.2, -0.15) is 0 Å². The van der Waals surface area contributed by atoms with Crippen LogP contribution in [0, 0.1) is 6.92 Å². The largest absolute Gasteiger partial charge is 0.476 e. The molecule has 1 aromatic heterocycles. The summed E-state index contributed by atoms with van der Waals surface area (Å²) in [6, 6.07) is 0. The van der Waals surface area contributed by atoms with Crippen molar-refractivity contribution in [3.8, 4) is 5.88 Å². The Morgan fingerprint density at radius 1 is 1.40 bits per heavy atom. The number of hydrogen-bond acceptors (Lipinski definition) is 5. The molecular formula is C10H14N2O3. The normalized spacial score (nSPS) is 9.80. The predicted octanol–water partition coefficient (Wildman–Crippen LogP) is 1.36. The van der Waals surface area contributed by atoms with Gasteiger partial charge >= 0.3 is 5.97 Å². The fourth-order valence-corrected chi connectivity index (χ4v) is 1.03. The summed E-state index contributed by atoms with van der Waals surface area (Å²) >= 11 is 0. The van der Waals surface area contributed by atoms with E-state index < -0.39 is 5.97 Å². The smallest absolute Gasteiger partial charge is 0.362 e. The van der Waals surface area contributed by atoms with Crippen molar-refractivity contribution in [3.05, 3.63) is 17.6 Å². The molecule has 5 heteroatoms. The SMILES string of the molecule is CCOC(=O)c1ncc(C)nc1OCC. The van der Waals surface area contributed by atoms with E-state index in [1.165, 1.54) is 6.20 Å². The summed E-state index contributed by atoms with van der Waals surface area (Å²) in [5.41, 5.74) is 0.829. The number of carbonyl (C=O) groups is 1. The van der Waals surface area contributed by atoms with Gasteiger partial charge in [0.2, 0.25) is 11.6 Å². The van der Waals surface area contributed by atoms with Crippen molar-refractivity contribution >= 4 is 5.97 Å². The van der Waals surface area contributed by atoms with E-state index in [1.807, 2.05) is 6.92 Å². The molecule has 15 heavy (non-hydrogen) atoms. The molecule has 0 spiro atoms. The quantitative estimate of drug-likeness (QED) is 0.702. The van der Waals surface area contributed by atoms with Crippen molar-refractivity contribution in [1.29, 1.82) is 0 Å². The van der Waals surface area contributed by atoms with Gasteiger partial charge in [-0.25, -0.2) is 14.8 Å². The van der Waals surface area contributed by atoms with E-state index >= 15 is 0 Å². The fourth-order valence-electron chi connectivity index (χ4n) is 1.03. The molecule has 0 atom stereocenters. The summed E-state index contributed by atoms with van der Waals surface area (Å²) in [4.78, 5) is 19.5. The average molecular weight is 210 g/mol. The summed E-state index contributed by atoms with van der Waals surface area (Å²) in [6.07, 6.45) is 1.51. The van der Waals surface area contributed by atoms with Gasteiger partial charge in [0.15, 0.2) is 0 Å². The van der Waals surface area contributed by atoms with Gasteiger partial charge in [0, 0.05) is 6.20 Å². The number of hydrogen-bond donors (Lipinski definition) is 0. The van der Waals surface area contributed by atoms with Crippen LogP contribution in [-0.4, -0.2) is 29.2 Å². The Hall–Kier alpha value is -1.65. The maximum absolute atomic E-state index is 11.4. The average Bonchev–Trinajstić information content (AvgIpc) is 2.18. The zero-order valence-corrected chi connectivity index (χ0v) is 9.11. The Kier molecular flexibility index (Phi) is 4.03. The number of ether oxygens (including phenoxy) is 2. The molecule has 0 amide bonds. The molecule has 0 aromatic carbocycles. The standard InChI is InChI=1S/C10H14N2O3/c1-4-14-9-8(10(13)15-5-2)11-6-7(3)12-9/h6H,4-5H2,1-3H3. The third-order valence-electron chi connectivity index (χ3n) is 1.61. The van der Waals surface area contributed by atoms with Crippen LogP contribution >= 0.6 is 0 Å². The van der Waals surface area contributed by atoms with Gasteiger partial charge < -0.3 is 9.47 Å². The van der Waals surface area contributed by atoms with E-state index in [0.29, 0.717) is 18.9 Å². The van der Waals surface area contributed by atoms with Crippen LogP contribution in [0.4, 0.5) is 0 Å². The molecule has 0 aliphatic carbocycles. The van der Waals surface area contributed by atoms with Crippen LogP contribution in [0.15, 0.2) is 6.20 Å². The lowest BCUT2D eigenvalue weighted by Gasteiger charge is -2.07. The van der Waals surface area contributed by atoms with Crippen LogP contribution in [0.1, 0.15) is 30.0 Å². The molecule has 1 heterocycles. The lowest BCUT2D eigenvalue weighted by Crippen LogP contribution is -2.11. The minimum atomic E-state index is -0.506. The molecule has 0 unspecified atom stereocenters. The van der Waals surface area contributed by atoms with Gasteiger partial charge in [-0.05, 0) is 20.8 Å². The van der Waals surface area contributed by atoms with Crippen molar-refractivity contribution in [1.82, 2.24) is 9.97 Å². The Morgan fingerprint density at radius 2 is 2.13 bits per heavy atom. The van der Waals surface area contributed by atoms with Crippen molar-refractivity contribution in [2.75, 3.05) is 13.2 Å².